The molecule has 3 heteroatoms. The van der Waals surface area contributed by atoms with Crippen molar-refractivity contribution in [3.05, 3.63) is 11.4 Å². The van der Waals surface area contributed by atoms with Crippen molar-refractivity contribution in [3.8, 4) is 0 Å². The van der Waals surface area contributed by atoms with Gasteiger partial charge >= 0.3 is 0 Å². The summed E-state index contributed by atoms with van der Waals surface area (Å²) < 4.78 is 12.4. The normalized spacial score (nSPS) is 24.7. The van der Waals surface area contributed by atoms with Gasteiger partial charge in [0.05, 0.1) is 6.61 Å². The van der Waals surface area contributed by atoms with Crippen LogP contribution >= 0.6 is 0 Å². The number of hydrogen-bond donors (Lipinski definition) is 2. The molecular formula is C6H10FNO. The first-order chi connectivity index (χ1) is 4.34. The van der Waals surface area contributed by atoms with Crippen molar-refractivity contribution < 1.29 is 9.50 Å². The van der Waals surface area contributed by atoms with Gasteiger partial charge in [0.15, 0.2) is 0 Å². The first-order valence-electron chi connectivity index (χ1n) is 3.02. The fourth-order valence-electron chi connectivity index (χ4n) is 0.910. The molecule has 1 aliphatic rings. The van der Waals surface area contributed by atoms with E-state index in [0.29, 0.717) is 6.54 Å². The predicted octanol–water partition coefficient (Wildman–Crippen LogP) is 0.196. The Hall–Kier alpha value is -0.410. The van der Waals surface area contributed by atoms with E-state index in [1.54, 1.807) is 0 Å². The van der Waals surface area contributed by atoms with E-state index >= 15 is 0 Å². The van der Waals surface area contributed by atoms with Crippen molar-refractivity contribution in [1.82, 2.24) is 5.32 Å². The van der Waals surface area contributed by atoms with Crippen molar-refractivity contribution in [2.75, 3.05) is 19.7 Å². The Morgan fingerprint density at radius 2 is 2.56 bits per heavy atom. The van der Waals surface area contributed by atoms with Crippen LogP contribution in [0, 0.1) is 0 Å². The second kappa shape index (κ2) is 2.94. The summed E-state index contributed by atoms with van der Waals surface area (Å²) in [6.07, 6.45) is 0.742. The van der Waals surface area contributed by atoms with Gasteiger partial charge in [-0.1, -0.05) is 0 Å². The summed E-state index contributed by atoms with van der Waals surface area (Å²) in [5.41, 5.74) is 0.720. The number of aliphatic hydroxyl groups is 1. The lowest BCUT2D eigenvalue weighted by atomic mass is 10.2. The monoisotopic (exact) mass is 131 g/mol. The van der Waals surface area contributed by atoms with Gasteiger partial charge < -0.3 is 10.4 Å². The molecule has 2 N–H and O–H groups in total. The maximum Gasteiger partial charge on any atom is 0.126 e. The van der Waals surface area contributed by atoms with Crippen LogP contribution in [0.15, 0.2) is 11.4 Å². The summed E-state index contributed by atoms with van der Waals surface area (Å²) in [7, 11) is 0. The Kier molecular flexibility index (Phi) is 2.19. The summed E-state index contributed by atoms with van der Waals surface area (Å²) >= 11 is 0. The SMILES string of the molecule is OCC(F)=C1CCNC1. The maximum absolute atomic E-state index is 12.4. The molecule has 0 radical (unpaired) electrons. The van der Waals surface area contributed by atoms with Gasteiger partial charge in [-0.2, -0.15) is 0 Å². The molecule has 0 bridgehead atoms. The largest absolute Gasteiger partial charge is 0.389 e. The van der Waals surface area contributed by atoms with E-state index < -0.39 is 6.61 Å². The zero-order valence-electron chi connectivity index (χ0n) is 5.15. The van der Waals surface area contributed by atoms with Gasteiger partial charge in [0, 0.05) is 6.54 Å². The van der Waals surface area contributed by atoms with Crippen LogP contribution in [-0.4, -0.2) is 24.8 Å². The van der Waals surface area contributed by atoms with Crippen molar-refractivity contribution in [2.45, 2.75) is 6.42 Å². The minimum absolute atomic E-state index is 0.361. The Balaban J connectivity index is 2.55. The van der Waals surface area contributed by atoms with Crippen molar-refractivity contribution in [3.63, 3.8) is 0 Å². The van der Waals surface area contributed by atoms with Crippen LogP contribution in [0.5, 0.6) is 0 Å². The third-order valence-electron chi connectivity index (χ3n) is 1.46. The predicted molar refractivity (Wildman–Crippen MR) is 32.7 cm³/mol. The summed E-state index contributed by atoms with van der Waals surface area (Å²) in [4.78, 5) is 0. The van der Waals surface area contributed by atoms with Gasteiger partial charge in [-0.3, -0.25) is 0 Å². The van der Waals surface area contributed by atoms with E-state index in [4.69, 9.17) is 5.11 Å². The highest BCUT2D eigenvalue weighted by Crippen LogP contribution is 2.12. The molecule has 0 aromatic heterocycles. The molecule has 0 saturated carbocycles. The molecule has 1 rings (SSSR count). The average Bonchev–Trinajstić information content (AvgIpc) is 2.37. The lowest BCUT2D eigenvalue weighted by Crippen LogP contribution is -2.05. The fourth-order valence-corrected chi connectivity index (χ4v) is 0.910. The highest BCUT2D eigenvalue weighted by Gasteiger charge is 2.10. The topological polar surface area (TPSA) is 32.3 Å². The molecule has 0 aromatic carbocycles. The molecule has 1 saturated heterocycles. The minimum Gasteiger partial charge on any atom is -0.389 e. The first-order valence-corrected chi connectivity index (χ1v) is 3.02. The summed E-state index contributed by atoms with van der Waals surface area (Å²) in [6.45, 7) is 0.992. The fraction of sp³-hybridized carbons (Fsp3) is 0.667. The van der Waals surface area contributed by atoms with Crippen LogP contribution in [0.3, 0.4) is 0 Å². The lowest BCUT2D eigenvalue weighted by molar-refractivity contribution is 0.295. The van der Waals surface area contributed by atoms with Crippen LogP contribution in [0.4, 0.5) is 4.39 Å². The maximum atomic E-state index is 12.4. The van der Waals surface area contributed by atoms with E-state index in [1.165, 1.54) is 0 Å². The average molecular weight is 131 g/mol. The zero-order valence-corrected chi connectivity index (χ0v) is 5.15. The standard InChI is InChI=1S/C6H10FNO/c7-6(4-9)5-1-2-8-3-5/h8-9H,1-4H2. The Morgan fingerprint density at radius 3 is 3.00 bits per heavy atom. The van der Waals surface area contributed by atoms with Crippen molar-refractivity contribution >= 4 is 0 Å². The van der Waals surface area contributed by atoms with Gasteiger partial charge in [0.1, 0.15) is 5.83 Å². The number of halogens is 1. The lowest BCUT2D eigenvalue weighted by Gasteiger charge is -1.94. The van der Waals surface area contributed by atoms with Crippen LogP contribution in [-0.2, 0) is 0 Å². The molecule has 9 heavy (non-hydrogen) atoms. The molecule has 1 aliphatic heterocycles. The van der Waals surface area contributed by atoms with Crippen LogP contribution < -0.4 is 5.32 Å². The first kappa shape index (κ1) is 6.71. The highest BCUT2D eigenvalue weighted by atomic mass is 19.1. The molecule has 0 aromatic rings. The minimum atomic E-state index is -0.447. The number of hydrogen-bond acceptors (Lipinski definition) is 2. The van der Waals surface area contributed by atoms with E-state index in [9.17, 15) is 4.39 Å². The number of aliphatic hydroxyl groups excluding tert-OH is 1. The molecule has 0 spiro atoms. The van der Waals surface area contributed by atoms with Crippen LogP contribution in [0.1, 0.15) is 6.42 Å². The second-order valence-corrected chi connectivity index (χ2v) is 2.09. The molecule has 0 atom stereocenters. The molecule has 1 fully saturated rings. The third kappa shape index (κ3) is 1.50. The zero-order chi connectivity index (χ0) is 6.69. The Labute approximate surface area is 53.4 Å². The van der Waals surface area contributed by atoms with Gasteiger partial charge in [-0.05, 0) is 18.5 Å². The van der Waals surface area contributed by atoms with Gasteiger partial charge in [0.2, 0.25) is 0 Å². The molecule has 2 nitrogen and oxygen atoms in total. The van der Waals surface area contributed by atoms with E-state index in [2.05, 4.69) is 5.32 Å². The summed E-state index contributed by atoms with van der Waals surface area (Å²) in [6, 6.07) is 0. The Bertz CT molecular complexity index is 125. The molecular weight excluding hydrogens is 121 g/mol. The van der Waals surface area contributed by atoms with Crippen molar-refractivity contribution in [1.29, 1.82) is 0 Å². The molecule has 0 amide bonds. The molecule has 1 heterocycles. The summed E-state index contributed by atoms with van der Waals surface area (Å²) in [5, 5.41) is 11.3. The molecule has 0 aliphatic carbocycles. The van der Waals surface area contributed by atoms with Gasteiger partial charge in [0.25, 0.3) is 0 Å². The van der Waals surface area contributed by atoms with Gasteiger partial charge in [-0.15, -0.1) is 0 Å². The second-order valence-electron chi connectivity index (χ2n) is 2.09. The van der Waals surface area contributed by atoms with E-state index in [1.807, 2.05) is 0 Å². The highest BCUT2D eigenvalue weighted by molar-refractivity contribution is 5.13. The van der Waals surface area contributed by atoms with Gasteiger partial charge in [-0.25, -0.2) is 4.39 Å². The Morgan fingerprint density at radius 1 is 1.78 bits per heavy atom. The smallest absolute Gasteiger partial charge is 0.126 e. The number of nitrogens with one attached hydrogen (secondary N) is 1. The number of rotatable bonds is 1. The molecule has 52 valence electrons. The van der Waals surface area contributed by atoms with Crippen molar-refractivity contribution in [2.24, 2.45) is 0 Å². The summed E-state index contributed by atoms with van der Waals surface area (Å²) in [5.74, 6) is -0.361. The van der Waals surface area contributed by atoms with E-state index in [-0.39, 0.29) is 5.83 Å². The van der Waals surface area contributed by atoms with Crippen LogP contribution in [0.2, 0.25) is 0 Å². The molecule has 0 unspecified atom stereocenters. The third-order valence-corrected chi connectivity index (χ3v) is 1.46. The van der Waals surface area contributed by atoms with Crippen LogP contribution in [0.25, 0.3) is 0 Å². The van der Waals surface area contributed by atoms with E-state index in [0.717, 1.165) is 18.5 Å². The quantitative estimate of drug-likeness (QED) is 0.532.